The normalized spacial score (nSPS) is 18.2. The molecule has 8 nitrogen and oxygen atoms in total. The van der Waals surface area contributed by atoms with Crippen LogP contribution < -0.4 is 10.1 Å². The summed E-state index contributed by atoms with van der Waals surface area (Å²) in [6, 6.07) is 7.69. The quantitative estimate of drug-likeness (QED) is 0.625. The van der Waals surface area contributed by atoms with E-state index in [0.29, 0.717) is 28.7 Å². The number of hydrogen-bond donors (Lipinski definition) is 1. The van der Waals surface area contributed by atoms with Crippen molar-refractivity contribution >= 4 is 32.5 Å². The molecular weight excluding hydrogens is 386 g/mol. The molecule has 1 aliphatic rings. The Hall–Kier alpha value is -3.07. The molecule has 1 N–H and O–H groups in total. The second kappa shape index (κ2) is 7.16. The molecule has 4 rings (SSSR count). The van der Waals surface area contributed by atoms with Crippen LogP contribution in [0.3, 0.4) is 0 Å². The molecular formula is C19H17NO7S. The van der Waals surface area contributed by atoms with Gasteiger partial charge in [-0.05, 0) is 36.8 Å². The predicted octanol–water partition coefficient (Wildman–Crippen LogP) is 1.94. The molecule has 28 heavy (non-hydrogen) atoms. The fourth-order valence-electron chi connectivity index (χ4n) is 3.14. The van der Waals surface area contributed by atoms with E-state index in [0.717, 1.165) is 0 Å². The molecule has 0 radical (unpaired) electrons. The van der Waals surface area contributed by atoms with Gasteiger partial charge in [0.2, 0.25) is 5.78 Å². The molecule has 1 aliphatic heterocycles. The van der Waals surface area contributed by atoms with Crippen LogP contribution in [0.25, 0.3) is 11.0 Å². The third-order valence-corrected chi connectivity index (χ3v) is 6.27. The summed E-state index contributed by atoms with van der Waals surface area (Å²) < 4.78 is 38.9. The Labute approximate surface area is 160 Å². The van der Waals surface area contributed by atoms with Gasteiger partial charge in [-0.3, -0.25) is 9.59 Å². The lowest BCUT2D eigenvalue weighted by Crippen LogP contribution is -2.38. The van der Waals surface area contributed by atoms with Crippen LogP contribution in [-0.2, 0) is 14.6 Å². The standard InChI is InChI=1S/C19H17NO7S/c21-18(20-12-5-7-28(23,24)11-12)10-26-13-3-4-16-14(8-13)15(9-27-16)19(22)17-2-1-6-25-17/h1-4,6,8-9,12H,5,7,10-11H2,(H,20,21). The average molecular weight is 403 g/mol. The highest BCUT2D eigenvalue weighted by Crippen LogP contribution is 2.27. The molecule has 1 unspecified atom stereocenters. The highest BCUT2D eigenvalue weighted by atomic mass is 32.2. The molecule has 0 spiro atoms. The van der Waals surface area contributed by atoms with Crippen molar-refractivity contribution in [2.45, 2.75) is 12.5 Å². The van der Waals surface area contributed by atoms with Gasteiger partial charge in [-0.15, -0.1) is 0 Å². The zero-order valence-corrected chi connectivity index (χ0v) is 15.5. The van der Waals surface area contributed by atoms with Crippen LogP contribution in [0.15, 0.2) is 51.7 Å². The second-order valence-corrected chi connectivity index (χ2v) is 8.80. The van der Waals surface area contributed by atoms with Gasteiger partial charge in [0.1, 0.15) is 17.6 Å². The van der Waals surface area contributed by atoms with Gasteiger partial charge < -0.3 is 18.9 Å². The van der Waals surface area contributed by atoms with E-state index in [9.17, 15) is 18.0 Å². The number of rotatable bonds is 6. The Bertz CT molecular complexity index is 1130. The van der Waals surface area contributed by atoms with Crippen molar-refractivity contribution in [2.24, 2.45) is 0 Å². The van der Waals surface area contributed by atoms with Crippen molar-refractivity contribution in [1.82, 2.24) is 5.32 Å². The van der Waals surface area contributed by atoms with Crippen molar-refractivity contribution in [1.29, 1.82) is 0 Å². The Morgan fingerprint density at radius 2 is 2.07 bits per heavy atom. The molecule has 1 atom stereocenters. The summed E-state index contributed by atoms with van der Waals surface area (Å²) in [6.45, 7) is -0.263. The highest BCUT2D eigenvalue weighted by Gasteiger charge is 2.29. The largest absolute Gasteiger partial charge is 0.484 e. The van der Waals surface area contributed by atoms with Gasteiger partial charge in [0, 0.05) is 11.4 Å². The Kier molecular flexibility index (Phi) is 4.68. The predicted molar refractivity (Wildman–Crippen MR) is 99.1 cm³/mol. The number of fused-ring (bicyclic) bond motifs is 1. The SMILES string of the molecule is O=C(COc1ccc2occ(C(=O)c3ccco3)c2c1)NC1CCS(=O)(=O)C1. The molecule has 1 saturated heterocycles. The lowest BCUT2D eigenvalue weighted by atomic mass is 10.1. The topological polar surface area (TPSA) is 116 Å². The average Bonchev–Trinajstić information content (AvgIpc) is 3.39. The number of amides is 1. The van der Waals surface area contributed by atoms with E-state index in [1.165, 1.54) is 12.5 Å². The van der Waals surface area contributed by atoms with E-state index in [1.54, 1.807) is 30.3 Å². The number of sulfone groups is 1. The molecule has 3 aromatic rings. The lowest BCUT2D eigenvalue weighted by Gasteiger charge is -2.11. The van der Waals surface area contributed by atoms with Gasteiger partial charge in [0.25, 0.3) is 5.91 Å². The number of ether oxygens (including phenoxy) is 1. The zero-order valence-electron chi connectivity index (χ0n) is 14.7. The van der Waals surface area contributed by atoms with Gasteiger partial charge in [0.05, 0.1) is 23.3 Å². The minimum Gasteiger partial charge on any atom is -0.484 e. The Morgan fingerprint density at radius 1 is 1.21 bits per heavy atom. The summed E-state index contributed by atoms with van der Waals surface area (Å²) in [5, 5.41) is 3.20. The number of carbonyl (C=O) groups is 2. The summed E-state index contributed by atoms with van der Waals surface area (Å²) in [4.78, 5) is 24.5. The molecule has 0 saturated carbocycles. The Morgan fingerprint density at radius 3 is 2.79 bits per heavy atom. The van der Waals surface area contributed by atoms with Gasteiger partial charge >= 0.3 is 0 Å². The molecule has 2 aromatic heterocycles. The van der Waals surface area contributed by atoms with Crippen LogP contribution in [0, 0.1) is 0 Å². The van der Waals surface area contributed by atoms with Gasteiger partial charge in [-0.1, -0.05) is 0 Å². The van der Waals surface area contributed by atoms with Crippen LogP contribution in [-0.4, -0.2) is 44.3 Å². The molecule has 0 aliphatic carbocycles. The van der Waals surface area contributed by atoms with Crippen molar-refractivity contribution in [3.8, 4) is 5.75 Å². The molecule has 0 bridgehead atoms. The lowest BCUT2D eigenvalue weighted by molar-refractivity contribution is -0.123. The van der Waals surface area contributed by atoms with E-state index >= 15 is 0 Å². The third-order valence-electron chi connectivity index (χ3n) is 4.50. The molecule has 9 heteroatoms. The molecule has 1 fully saturated rings. The van der Waals surface area contributed by atoms with Crippen LogP contribution in [0.1, 0.15) is 22.5 Å². The highest BCUT2D eigenvalue weighted by molar-refractivity contribution is 7.91. The fourth-order valence-corrected chi connectivity index (χ4v) is 4.81. The molecule has 3 heterocycles. The van der Waals surface area contributed by atoms with Crippen molar-refractivity contribution in [3.05, 3.63) is 54.2 Å². The van der Waals surface area contributed by atoms with Crippen molar-refractivity contribution in [2.75, 3.05) is 18.1 Å². The van der Waals surface area contributed by atoms with Gasteiger partial charge in [-0.2, -0.15) is 0 Å². The number of furan rings is 2. The number of hydrogen-bond acceptors (Lipinski definition) is 7. The number of nitrogens with one attached hydrogen (secondary N) is 1. The number of benzene rings is 1. The first kappa shape index (κ1) is 18.3. The Balaban J connectivity index is 1.44. The van der Waals surface area contributed by atoms with E-state index in [2.05, 4.69) is 5.32 Å². The minimum absolute atomic E-state index is 0.0437. The van der Waals surface area contributed by atoms with Crippen LogP contribution >= 0.6 is 0 Å². The van der Waals surface area contributed by atoms with Crippen LogP contribution in [0.4, 0.5) is 0 Å². The maximum absolute atomic E-state index is 12.5. The van der Waals surface area contributed by atoms with Gasteiger partial charge in [-0.25, -0.2) is 8.42 Å². The second-order valence-electron chi connectivity index (χ2n) is 6.57. The molecule has 146 valence electrons. The van der Waals surface area contributed by atoms with Gasteiger partial charge in [0.15, 0.2) is 22.2 Å². The number of carbonyl (C=O) groups excluding carboxylic acids is 2. The summed E-state index contributed by atoms with van der Waals surface area (Å²) in [6.07, 6.45) is 3.18. The summed E-state index contributed by atoms with van der Waals surface area (Å²) in [7, 11) is -3.06. The van der Waals surface area contributed by atoms with Crippen LogP contribution in [0.5, 0.6) is 5.75 Å². The smallest absolute Gasteiger partial charge is 0.258 e. The zero-order chi connectivity index (χ0) is 19.7. The fraction of sp³-hybridized carbons (Fsp3) is 0.263. The van der Waals surface area contributed by atoms with E-state index in [-0.39, 0.29) is 35.7 Å². The monoisotopic (exact) mass is 403 g/mol. The molecule has 1 aromatic carbocycles. The first-order valence-electron chi connectivity index (χ1n) is 8.63. The third kappa shape index (κ3) is 3.79. The maximum atomic E-state index is 12.5. The number of ketones is 1. The summed E-state index contributed by atoms with van der Waals surface area (Å²) in [5.74, 6) is -0.0979. The summed E-state index contributed by atoms with van der Waals surface area (Å²) in [5.41, 5.74) is 0.832. The van der Waals surface area contributed by atoms with Crippen LogP contribution in [0.2, 0.25) is 0 Å². The van der Waals surface area contributed by atoms with E-state index in [4.69, 9.17) is 13.6 Å². The molecule has 1 amide bonds. The maximum Gasteiger partial charge on any atom is 0.258 e. The minimum atomic E-state index is -3.06. The van der Waals surface area contributed by atoms with Crippen molar-refractivity contribution in [3.63, 3.8) is 0 Å². The first-order valence-corrected chi connectivity index (χ1v) is 10.5. The van der Waals surface area contributed by atoms with E-state index < -0.39 is 15.7 Å². The van der Waals surface area contributed by atoms with E-state index in [1.807, 2.05) is 0 Å². The van der Waals surface area contributed by atoms with Crippen molar-refractivity contribution < 1.29 is 31.6 Å². The first-order chi connectivity index (χ1) is 13.4. The summed E-state index contributed by atoms with van der Waals surface area (Å²) >= 11 is 0.